The Labute approximate surface area is 116 Å². The number of nitrogens with one attached hydrogen (secondary N) is 1. The van der Waals surface area contributed by atoms with Crippen LogP contribution in [0.15, 0.2) is 41.9 Å². The third-order valence-corrected chi connectivity index (χ3v) is 3.16. The summed E-state index contributed by atoms with van der Waals surface area (Å²) in [4.78, 5) is 8.11. The molecular weight excluding hydrogens is 257 g/mol. The van der Waals surface area contributed by atoms with Crippen LogP contribution in [0.2, 0.25) is 0 Å². The molecule has 1 heterocycles. The van der Waals surface area contributed by atoms with E-state index in [0.717, 1.165) is 18.4 Å². The first-order valence-corrected chi connectivity index (χ1v) is 6.55. The van der Waals surface area contributed by atoms with Gasteiger partial charge in [0.2, 0.25) is 0 Å². The number of nitrogens with two attached hydrogens (primary N) is 1. The van der Waals surface area contributed by atoms with E-state index in [1.165, 1.54) is 6.07 Å². The second kappa shape index (κ2) is 5.32. The van der Waals surface area contributed by atoms with Crippen LogP contribution in [0, 0.1) is 5.82 Å². The molecule has 0 saturated heterocycles. The van der Waals surface area contributed by atoms with Gasteiger partial charge in [-0.2, -0.15) is 0 Å². The quantitative estimate of drug-likeness (QED) is 0.656. The zero-order chi connectivity index (χ0) is 13.9. The second-order valence-electron chi connectivity index (χ2n) is 4.88. The minimum Gasteiger partial charge on any atom is -0.370 e. The molecule has 1 aliphatic carbocycles. The van der Waals surface area contributed by atoms with Crippen molar-refractivity contribution in [3.63, 3.8) is 0 Å². The van der Waals surface area contributed by atoms with Gasteiger partial charge in [0.15, 0.2) is 5.96 Å². The van der Waals surface area contributed by atoms with E-state index < -0.39 is 0 Å². The Morgan fingerprint density at radius 1 is 1.50 bits per heavy atom. The zero-order valence-corrected chi connectivity index (χ0v) is 11.0. The number of hydrogen-bond donors (Lipinski definition) is 2. The summed E-state index contributed by atoms with van der Waals surface area (Å²) in [7, 11) is 0. The van der Waals surface area contributed by atoms with E-state index in [0.29, 0.717) is 24.2 Å². The van der Waals surface area contributed by atoms with E-state index in [1.54, 1.807) is 29.4 Å². The Bertz CT molecular complexity index is 616. The van der Waals surface area contributed by atoms with E-state index in [2.05, 4.69) is 15.3 Å². The fraction of sp³-hybridized carbons (Fsp3) is 0.286. The van der Waals surface area contributed by atoms with Gasteiger partial charge in [0.05, 0.1) is 18.6 Å². The molecule has 1 aromatic heterocycles. The molecule has 3 rings (SSSR count). The Balaban J connectivity index is 1.70. The number of nitrogens with zero attached hydrogens (tertiary/aromatic N) is 3. The van der Waals surface area contributed by atoms with Gasteiger partial charge in [0, 0.05) is 18.4 Å². The smallest absolute Gasteiger partial charge is 0.189 e. The molecule has 6 heteroatoms. The van der Waals surface area contributed by atoms with E-state index in [1.807, 2.05) is 6.07 Å². The van der Waals surface area contributed by atoms with Crippen LogP contribution in [0.25, 0.3) is 5.69 Å². The highest BCUT2D eigenvalue weighted by Gasteiger charge is 2.21. The van der Waals surface area contributed by atoms with Crippen molar-refractivity contribution in [2.75, 3.05) is 0 Å². The summed E-state index contributed by atoms with van der Waals surface area (Å²) in [6.45, 7) is 0.368. The summed E-state index contributed by atoms with van der Waals surface area (Å²) in [5.41, 5.74) is 7.00. The average molecular weight is 273 g/mol. The maximum absolute atomic E-state index is 14.0. The molecule has 1 fully saturated rings. The van der Waals surface area contributed by atoms with Crippen LogP contribution in [0.4, 0.5) is 4.39 Å². The van der Waals surface area contributed by atoms with E-state index >= 15 is 0 Å². The summed E-state index contributed by atoms with van der Waals surface area (Å²) >= 11 is 0. The molecule has 0 unspecified atom stereocenters. The number of aliphatic imine (C=N–C) groups is 1. The number of rotatable bonds is 4. The van der Waals surface area contributed by atoms with E-state index in [4.69, 9.17) is 5.73 Å². The summed E-state index contributed by atoms with van der Waals surface area (Å²) in [5.74, 6) is 0.121. The Kier molecular flexibility index (Phi) is 3.37. The van der Waals surface area contributed by atoms with Crippen molar-refractivity contribution in [1.29, 1.82) is 0 Å². The lowest BCUT2D eigenvalue weighted by atomic mass is 10.2. The highest BCUT2D eigenvalue weighted by atomic mass is 19.1. The van der Waals surface area contributed by atoms with Crippen molar-refractivity contribution in [3.05, 3.63) is 48.3 Å². The largest absolute Gasteiger partial charge is 0.370 e. The summed E-state index contributed by atoms with van der Waals surface area (Å²) in [6.07, 6.45) is 7.17. The standard InChI is InChI=1S/C14H16FN5/c15-12-7-10(8-18-14(16)19-11-2-3-11)1-4-13(12)20-6-5-17-9-20/h1,4-7,9,11H,2-3,8H2,(H3,16,18,19). The minimum absolute atomic E-state index is 0.301. The van der Waals surface area contributed by atoms with Gasteiger partial charge < -0.3 is 15.6 Å². The molecule has 0 spiro atoms. The molecule has 0 amide bonds. The Morgan fingerprint density at radius 3 is 3.00 bits per heavy atom. The molecule has 1 aliphatic rings. The SMILES string of the molecule is NC(=NCc1ccc(-n2ccnc2)c(F)c1)NC1CC1. The molecule has 1 aromatic carbocycles. The summed E-state index contributed by atoms with van der Waals surface area (Å²) in [6, 6.07) is 5.50. The predicted octanol–water partition coefficient (Wildman–Crippen LogP) is 1.58. The maximum Gasteiger partial charge on any atom is 0.189 e. The predicted molar refractivity (Wildman–Crippen MR) is 75.0 cm³/mol. The molecule has 0 radical (unpaired) electrons. The van der Waals surface area contributed by atoms with Gasteiger partial charge >= 0.3 is 0 Å². The Morgan fingerprint density at radius 2 is 2.35 bits per heavy atom. The topological polar surface area (TPSA) is 68.2 Å². The van der Waals surface area contributed by atoms with Crippen molar-refractivity contribution in [2.24, 2.45) is 10.7 Å². The van der Waals surface area contributed by atoms with Crippen LogP contribution in [0.1, 0.15) is 18.4 Å². The first-order valence-electron chi connectivity index (χ1n) is 6.55. The molecular formula is C14H16FN5. The molecule has 2 aromatic rings. The van der Waals surface area contributed by atoms with Gasteiger partial charge in [0.1, 0.15) is 5.82 Å². The average Bonchev–Trinajstić information content (AvgIpc) is 3.07. The first-order chi connectivity index (χ1) is 9.72. The fourth-order valence-electron chi connectivity index (χ4n) is 1.92. The van der Waals surface area contributed by atoms with Crippen molar-refractivity contribution >= 4 is 5.96 Å². The molecule has 0 atom stereocenters. The maximum atomic E-state index is 14.0. The van der Waals surface area contributed by atoms with Gasteiger partial charge in [-0.15, -0.1) is 0 Å². The van der Waals surface area contributed by atoms with Crippen LogP contribution in [-0.2, 0) is 6.54 Å². The van der Waals surface area contributed by atoms with Crippen LogP contribution in [0.3, 0.4) is 0 Å². The number of hydrogen-bond acceptors (Lipinski definition) is 2. The third kappa shape index (κ3) is 2.96. The Hall–Kier alpha value is -2.37. The summed E-state index contributed by atoms with van der Waals surface area (Å²) < 4.78 is 15.6. The van der Waals surface area contributed by atoms with Crippen molar-refractivity contribution in [3.8, 4) is 5.69 Å². The lowest BCUT2D eigenvalue weighted by molar-refractivity contribution is 0.615. The normalized spacial score (nSPS) is 15.3. The van der Waals surface area contributed by atoms with Crippen LogP contribution in [-0.4, -0.2) is 21.6 Å². The number of imidazole rings is 1. The third-order valence-electron chi connectivity index (χ3n) is 3.16. The number of guanidine groups is 1. The molecule has 5 nitrogen and oxygen atoms in total. The molecule has 3 N–H and O–H groups in total. The summed E-state index contributed by atoms with van der Waals surface area (Å²) in [5, 5.41) is 3.09. The lowest BCUT2D eigenvalue weighted by Gasteiger charge is -2.06. The number of aromatic nitrogens is 2. The van der Waals surface area contributed by atoms with Crippen molar-refractivity contribution in [1.82, 2.24) is 14.9 Å². The van der Waals surface area contributed by atoms with Gasteiger partial charge in [-0.25, -0.2) is 14.4 Å². The minimum atomic E-state index is -0.301. The lowest BCUT2D eigenvalue weighted by Crippen LogP contribution is -2.33. The van der Waals surface area contributed by atoms with E-state index in [-0.39, 0.29) is 5.82 Å². The van der Waals surface area contributed by atoms with Gasteiger partial charge in [0.25, 0.3) is 0 Å². The van der Waals surface area contributed by atoms with Gasteiger partial charge in [-0.1, -0.05) is 6.07 Å². The van der Waals surface area contributed by atoms with Crippen LogP contribution >= 0.6 is 0 Å². The second-order valence-corrected chi connectivity index (χ2v) is 4.88. The highest BCUT2D eigenvalue weighted by molar-refractivity contribution is 5.78. The van der Waals surface area contributed by atoms with Crippen molar-refractivity contribution < 1.29 is 4.39 Å². The molecule has 1 saturated carbocycles. The van der Waals surface area contributed by atoms with Gasteiger partial charge in [-0.05, 0) is 30.5 Å². The number of benzene rings is 1. The van der Waals surface area contributed by atoms with Crippen LogP contribution < -0.4 is 11.1 Å². The monoisotopic (exact) mass is 273 g/mol. The molecule has 104 valence electrons. The molecule has 0 aliphatic heterocycles. The highest BCUT2D eigenvalue weighted by Crippen LogP contribution is 2.18. The van der Waals surface area contributed by atoms with Crippen molar-refractivity contribution in [2.45, 2.75) is 25.4 Å². The fourth-order valence-corrected chi connectivity index (χ4v) is 1.92. The zero-order valence-electron chi connectivity index (χ0n) is 11.0. The number of halogens is 1. The first kappa shape index (κ1) is 12.7. The molecule has 0 bridgehead atoms. The molecule has 20 heavy (non-hydrogen) atoms. The van der Waals surface area contributed by atoms with Gasteiger partial charge in [-0.3, -0.25) is 0 Å². The van der Waals surface area contributed by atoms with Crippen LogP contribution in [0.5, 0.6) is 0 Å². The van der Waals surface area contributed by atoms with E-state index in [9.17, 15) is 4.39 Å².